The van der Waals surface area contributed by atoms with Gasteiger partial charge in [0.05, 0.1) is 9.82 Å². The zero-order chi connectivity index (χ0) is 17.2. The number of nitro groups is 1. The number of halogens is 1. The average molecular weight is 356 g/mol. The lowest BCUT2D eigenvalue weighted by Crippen LogP contribution is -2.14. The van der Waals surface area contributed by atoms with Gasteiger partial charge in [-0.05, 0) is 36.4 Å². The van der Waals surface area contributed by atoms with Crippen molar-refractivity contribution >= 4 is 38.9 Å². The number of carbonyl (C=O) groups is 1. The number of nitro benzene ring substituents is 1. The first kappa shape index (κ1) is 16.7. The number of nitrogens with one attached hydrogen (secondary N) is 1. The van der Waals surface area contributed by atoms with Crippen LogP contribution in [0.1, 0.15) is 10.4 Å². The second kappa shape index (κ2) is 6.23. The first-order valence-electron chi connectivity index (χ1n) is 6.07. The van der Waals surface area contributed by atoms with Gasteiger partial charge in [0.15, 0.2) is 0 Å². The summed E-state index contributed by atoms with van der Waals surface area (Å²) in [6, 6.07) is 8.54. The number of carbonyl (C=O) groups excluding carboxylic acids is 1. The van der Waals surface area contributed by atoms with Gasteiger partial charge in [0, 0.05) is 17.3 Å². The van der Waals surface area contributed by atoms with Crippen molar-refractivity contribution in [3.63, 3.8) is 0 Å². The summed E-state index contributed by atoms with van der Waals surface area (Å²) in [5.74, 6) is -0.646. The lowest BCUT2D eigenvalue weighted by molar-refractivity contribution is -0.384. The van der Waals surface area contributed by atoms with Gasteiger partial charge in [-0.1, -0.05) is 11.6 Å². The molecule has 2 aromatic rings. The summed E-state index contributed by atoms with van der Waals surface area (Å²) in [6.07, 6.45) is 0. The normalized spacial score (nSPS) is 11.0. The molecule has 0 fully saturated rings. The summed E-state index contributed by atoms with van der Waals surface area (Å²) in [4.78, 5) is 20.7. The minimum absolute atomic E-state index is 0.167. The van der Waals surface area contributed by atoms with E-state index in [1.807, 2.05) is 0 Å². The number of anilines is 1. The lowest BCUT2D eigenvalue weighted by atomic mass is 10.2. The van der Waals surface area contributed by atoms with E-state index in [4.69, 9.17) is 17.3 Å². The van der Waals surface area contributed by atoms with Crippen LogP contribution in [-0.2, 0) is 10.0 Å². The van der Waals surface area contributed by atoms with Gasteiger partial charge in [0.25, 0.3) is 15.7 Å². The summed E-state index contributed by atoms with van der Waals surface area (Å²) < 4.78 is 26.7. The molecule has 0 unspecified atom stereocenters. The Kier molecular flexibility index (Phi) is 4.52. The molecule has 0 bridgehead atoms. The number of sulfonamides is 1. The Morgan fingerprint density at radius 1 is 1.17 bits per heavy atom. The summed E-state index contributed by atoms with van der Waals surface area (Å²) in [6.45, 7) is 0. The maximum absolute atomic E-state index is 12.2. The third-order valence-corrected chi connectivity index (χ3v) is 4.54. The summed E-state index contributed by atoms with van der Waals surface area (Å²) in [5.41, 5.74) is 4.96. The van der Waals surface area contributed by atoms with E-state index in [0.717, 1.165) is 18.2 Å². The highest BCUT2D eigenvalue weighted by Crippen LogP contribution is 2.28. The van der Waals surface area contributed by atoms with E-state index in [9.17, 15) is 23.3 Å². The van der Waals surface area contributed by atoms with Crippen molar-refractivity contribution < 1.29 is 18.1 Å². The third kappa shape index (κ3) is 3.76. The maximum atomic E-state index is 12.2. The number of primary amides is 1. The Labute approximate surface area is 136 Å². The molecule has 10 heteroatoms. The number of hydrogen-bond donors (Lipinski definition) is 2. The number of amides is 1. The molecule has 0 aliphatic carbocycles. The molecular weight excluding hydrogens is 346 g/mol. The molecule has 2 rings (SSSR count). The quantitative estimate of drug-likeness (QED) is 0.626. The van der Waals surface area contributed by atoms with Crippen LogP contribution in [0.25, 0.3) is 0 Å². The van der Waals surface area contributed by atoms with Crippen LogP contribution in [-0.4, -0.2) is 19.2 Å². The van der Waals surface area contributed by atoms with Gasteiger partial charge in [-0.15, -0.1) is 0 Å². The molecule has 8 nitrogen and oxygen atoms in total. The van der Waals surface area contributed by atoms with E-state index in [2.05, 4.69) is 4.72 Å². The van der Waals surface area contributed by atoms with Crippen LogP contribution in [0.4, 0.5) is 11.4 Å². The van der Waals surface area contributed by atoms with Crippen molar-refractivity contribution in [1.82, 2.24) is 0 Å². The van der Waals surface area contributed by atoms with Crippen molar-refractivity contribution in [2.24, 2.45) is 5.73 Å². The molecule has 0 spiro atoms. The number of nitrogens with two attached hydrogens (primary N) is 1. The molecule has 120 valence electrons. The van der Waals surface area contributed by atoms with Crippen LogP contribution in [0.3, 0.4) is 0 Å². The topological polar surface area (TPSA) is 132 Å². The molecule has 3 N–H and O–H groups in total. The highest BCUT2D eigenvalue weighted by molar-refractivity contribution is 7.92. The van der Waals surface area contributed by atoms with Crippen molar-refractivity contribution in [2.75, 3.05) is 4.72 Å². The summed E-state index contributed by atoms with van der Waals surface area (Å²) in [5, 5.41) is 10.7. The summed E-state index contributed by atoms with van der Waals surface area (Å²) in [7, 11) is -4.05. The zero-order valence-electron chi connectivity index (χ0n) is 11.4. The Balaban J connectivity index is 2.33. The highest BCUT2D eigenvalue weighted by atomic mass is 35.5. The van der Waals surface area contributed by atoms with E-state index >= 15 is 0 Å². The Morgan fingerprint density at radius 2 is 1.78 bits per heavy atom. The fraction of sp³-hybridized carbons (Fsp3) is 0. The van der Waals surface area contributed by atoms with Gasteiger partial charge >= 0.3 is 0 Å². The first-order chi connectivity index (χ1) is 10.7. The second-order valence-electron chi connectivity index (χ2n) is 4.42. The second-order valence-corrected chi connectivity index (χ2v) is 6.51. The Hall–Kier alpha value is -2.65. The number of hydrogen-bond acceptors (Lipinski definition) is 5. The van der Waals surface area contributed by atoms with Gasteiger partial charge in [-0.2, -0.15) is 0 Å². The largest absolute Gasteiger partial charge is 0.366 e. The van der Waals surface area contributed by atoms with Crippen molar-refractivity contribution in [2.45, 2.75) is 4.90 Å². The molecule has 0 aromatic heterocycles. The standard InChI is InChI=1S/C13H10ClN3O5S/c14-11-6-5-10(7-12(11)17(19)20)23(21,22)16-9-3-1-8(2-4-9)13(15)18/h1-7,16H,(H2,15,18). The van der Waals surface area contributed by atoms with Gasteiger partial charge in [-0.25, -0.2) is 8.42 Å². The van der Waals surface area contributed by atoms with Crippen LogP contribution in [0.2, 0.25) is 5.02 Å². The van der Waals surface area contributed by atoms with E-state index in [1.165, 1.54) is 24.3 Å². The predicted molar refractivity (Wildman–Crippen MR) is 83.9 cm³/mol. The van der Waals surface area contributed by atoms with Gasteiger partial charge < -0.3 is 5.73 Å². The maximum Gasteiger partial charge on any atom is 0.289 e. The van der Waals surface area contributed by atoms with Crippen molar-refractivity contribution in [3.8, 4) is 0 Å². The first-order valence-corrected chi connectivity index (χ1v) is 7.93. The van der Waals surface area contributed by atoms with Gasteiger partial charge in [0.2, 0.25) is 5.91 Å². The monoisotopic (exact) mass is 355 g/mol. The smallest absolute Gasteiger partial charge is 0.289 e. The molecular formula is C13H10ClN3O5S. The zero-order valence-corrected chi connectivity index (χ0v) is 13.0. The molecule has 2 aromatic carbocycles. The average Bonchev–Trinajstić information content (AvgIpc) is 2.47. The van der Waals surface area contributed by atoms with Crippen LogP contribution in [0.15, 0.2) is 47.4 Å². The predicted octanol–water partition coefficient (Wildman–Crippen LogP) is 2.15. The lowest BCUT2D eigenvalue weighted by Gasteiger charge is -2.08. The molecule has 0 aliphatic rings. The molecule has 0 aliphatic heterocycles. The molecule has 0 saturated carbocycles. The SMILES string of the molecule is NC(=O)c1ccc(NS(=O)(=O)c2ccc(Cl)c([N+](=O)[O-])c2)cc1. The van der Waals surface area contributed by atoms with Crippen molar-refractivity contribution in [3.05, 3.63) is 63.2 Å². The van der Waals surface area contributed by atoms with Gasteiger partial charge in [-0.3, -0.25) is 19.6 Å². The van der Waals surface area contributed by atoms with Crippen LogP contribution in [0.5, 0.6) is 0 Å². The Bertz CT molecular complexity index is 881. The van der Waals surface area contributed by atoms with Crippen molar-refractivity contribution in [1.29, 1.82) is 0 Å². The molecule has 1 amide bonds. The van der Waals surface area contributed by atoms with Crippen LogP contribution >= 0.6 is 11.6 Å². The van der Waals surface area contributed by atoms with Crippen LogP contribution < -0.4 is 10.5 Å². The number of nitrogens with zero attached hydrogens (tertiary/aromatic N) is 1. The summed E-state index contributed by atoms with van der Waals surface area (Å²) >= 11 is 5.65. The molecule has 0 radical (unpaired) electrons. The van der Waals surface area contributed by atoms with E-state index in [0.29, 0.717) is 0 Å². The van der Waals surface area contributed by atoms with E-state index < -0.39 is 26.5 Å². The van der Waals surface area contributed by atoms with E-state index in [-0.39, 0.29) is 21.2 Å². The van der Waals surface area contributed by atoms with Gasteiger partial charge in [0.1, 0.15) is 5.02 Å². The number of rotatable bonds is 5. The van der Waals surface area contributed by atoms with E-state index in [1.54, 1.807) is 0 Å². The minimum atomic E-state index is -4.05. The fourth-order valence-electron chi connectivity index (χ4n) is 1.72. The molecule has 0 atom stereocenters. The Morgan fingerprint density at radius 3 is 2.30 bits per heavy atom. The molecule has 0 heterocycles. The molecule has 23 heavy (non-hydrogen) atoms. The fourth-order valence-corrected chi connectivity index (χ4v) is 2.98. The third-order valence-electron chi connectivity index (χ3n) is 2.85. The van der Waals surface area contributed by atoms with Crippen LogP contribution in [0, 0.1) is 10.1 Å². The highest BCUT2D eigenvalue weighted by Gasteiger charge is 2.20. The minimum Gasteiger partial charge on any atom is -0.366 e. The molecule has 0 saturated heterocycles. The number of benzene rings is 2.